The van der Waals surface area contributed by atoms with Gasteiger partial charge in [-0.2, -0.15) is 15.0 Å². The Morgan fingerprint density at radius 2 is 1.89 bits per heavy atom. The highest BCUT2D eigenvalue weighted by Crippen LogP contribution is 2.12. The lowest BCUT2D eigenvalue weighted by molar-refractivity contribution is 0.929. The summed E-state index contributed by atoms with van der Waals surface area (Å²) in [5.41, 5.74) is 0.960. The van der Waals surface area contributed by atoms with Crippen LogP contribution in [0.25, 0.3) is 0 Å². The van der Waals surface area contributed by atoms with Gasteiger partial charge in [-0.25, -0.2) is 4.98 Å². The molecule has 2 rings (SSSR count). The van der Waals surface area contributed by atoms with Crippen LogP contribution in [0.5, 0.6) is 0 Å². The summed E-state index contributed by atoms with van der Waals surface area (Å²) in [5, 5.41) is 9.38. The molecule has 102 valence electrons. The maximum absolute atomic E-state index is 5.86. The van der Waals surface area contributed by atoms with Crippen molar-refractivity contribution < 1.29 is 0 Å². The molecule has 2 aromatic rings. The molecule has 0 bridgehead atoms. The first kappa shape index (κ1) is 14.0. The van der Waals surface area contributed by atoms with Gasteiger partial charge in [-0.1, -0.05) is 6.92 Å². The van der Waals surface area contributed by atoms with Gasteiger partial charge in [-0.05, 0) is 24.9 Å². The topological polar surface area (TPSA) is 75.6 Å². The second-order valence-electron chi connectivity index (χ2n) is 3.89. The fourth-order valence-corrected chi connectivity index (χ4v) is 2.18. The molecule has 0 aromatic carbocycles. The lowest BCUT2D eigenvalue weighted by atomic mass is 10.5. The van der Waals surface area contributed by atoms with Gasteiger partial charge in [-0.3, -0.25) is 0 Å². The van der Waals surface area contributed by atoms with E-state index in [4.69, 9.17) is 11.6 Å². The van der Waals surface area contributed by atoms with Gasteiger partial charge in [0.2, 0.25) is 17.2 Å². The SMILES string of the molecule is CCCNc1nc(Cl)nc(NCc2csc(C)n2)n1. The molecule has 0 radical (unpaired) electrons. The maximum Gasteiger partial charge on any atom is 0.229 e. The number of rotatable bonds is 6. The van der Waals surface area contributed by atoms with E-state index in [-0.39, 0.29) is 5.28 Å². The standard InChI is InChI=1S/C11H15ClN6S/c1-3-4-13-10-16-9(12)17-11(18-10)14-5-8-6-19-7(2)15-8/h6H,3-5H2,1-2H3,(H2,13,14,16,17,18). The highest BCUT2D eigenvalue weighted by Gasteiger charge is 2.05. The Labute approximate surface area is 120 Å². The zero-order valence-corrected chi connectivity index (χ0v) is 12.3. The molecule has 0 fully saturated rings. The summed E-state index contributed by atoms with van der Waals surface area (Å²) in [4.78, 5) is 16.6. The number of aromatic nitrogens is 4. The van der Waals surface area contributed by atoms with Crippen LogP contribution in [0.1, 0.15) is 24.0 Å². The molecule has 0 aliphatic carbocycles. The largest absolute Gasteiger partial charge is 0.354 e. The quantitative estimate of drug-likeness (QED) is 0.854. The molecule has 2 heterocycles. The van der Waals surface area contributed by atoms with Gasteiger partial charge in [-0.15, -0.1) is 11.3 Å². The van der Waals surface area contributed by atoms with Crippen molar-refractivity contribution in [1.29, 1.82) is 0 Å². The fourth-order valence-electron chi connectivity index (χ4n) is 1.40. The predicted molar refractivity (Wildman–Crippen MR) is 77.8 cm³/mol. The molecule has 0 amide bonds. The molecule has 0 unspecified atom stereocenters. The van der Waals surface area contributed by atoms with Gasteiger partial charge in [0.05, 0.1) is 17.2 Å². The van der Waals surface area contributed by atoms with Crippen LogP contribution in [-0.2, 0) is 6.54 Å². The Bertz CT molecular complexity index is 544. The van der Waals surface area contributed by atoms with Crippen LogP contribution in [-0.4, -0.2) is 26.5 Å². The molecule has 0 saturated heterocycles. The Kier molecular flexibility index (Phi) is 4.86. The maximum atomic E-state index is 5.86. The molecule has 8 heteroatoms. The molecular formula is C11H15ClN6S. The zero-order chi connectivity index (χ0) is 13.7. The van der Waals surface area contributed by atoms with Crippen molar-refractivity contribution in [1.82, 2.24) is 19.9 Å². The first-order valence-corrected chi connectivity index (χ1v) is 7.23. The normalized spacial score (nSPS) is 10.5. The van der Waals surface area contributed by atoms with Crippen molar-refractivity contribution in [2.24, 2.45) is 0 Å². The highest BCUT2D eigenvalue weighted by molar-refractivity contribution is 7.09. The summed E-state index contributed by atoms with van der Waals surface area (Å²) in [6, 6.07) is 0. The molecule has 2 N–H and O–H groups in total. The van der Waals surface area contributed by atoms with Gasteiger partial charge in [0, 0.05) is 11.9 Å². The number of nitrogens with one attached hydrogen (secondary N) is 2. The van der Waals surface area contributed by atoms with Crippen molar-refractivity contribution in [2.45, 2.75) is 26.8 Å². The summed E-state index contributed by atoms with van der Waals surface area (Å²) >= 11 is 7.47. The van der Waals surface area contributed by atoms with Crippen molar-refractivity contribution in [3.8, 4) is 0 Å². The smallest absolute Gasteiger partial charge is 0.229 e. The summed E-state index contributed by atoms with van der Waals surface area (Å²) < 4.78 is 0. The number of hydrogen-bond acceptors (Lipinski definition) is 7. The average molecular weight is 299 g/mol. The Hall–Kier alpha value is -1.47. The van der Waals surface area contributed by atoms with Crippen LogP contribution >= 0.6 is 22.9 Å². The number of hydrogen-bond donors (Lipinski definition) is 2. The van der Waals surface area contributed by atoms with Crippen LogP contribution in [0.2, 0.25) is 5.28 Å². The summed E-state index contributed by atoms with van der Waals surface area (Å²) in [6.07, 6.45) is 0.990. The van der Waals surface area contributed by atoms with E-state index in [0.29, 0.717) is 18.4 Å². The van der Waals surface area contributed by atoms with E-state index in [2.05, 4.69) is 37.5 Å². The third-order valence-corrected chi connectivity index (χ3v) is 3.23. The van der Waals surface area contributed by atoms with Gasteiger partial charge in [0.15, 0.2) is 0 Å². The summed E-state index contributed by atoms with van der Waals surface area (Å²) in [6.45, 7) is 5.41. The Balaban J connectivity index is 2.01. The number of anilines is 2. The molecule has 6 nitrogen and oxygen atoms in total. The molecule has 0 spiro atoms. The van der Waals surface area contributed by atoms with Crippen molar-refractivity contribution in [3.63, 3.8) is 0 Å². The van der Waals surface area contributed by atoms with Crippen molar-refractivity contribution in [2.75, 3.05) is 17.2 Å². The van der Waals surface area contributed by atoms with Crippen molar-refractivity contribution >= 4 is 34.8 Å². The van der Waals surface area contributed by atoms with E-state index >= 15 is 0 Å². The highest BCUT2D eigenvalue weighted by atomic mass is 35.5. The minimum absolute atomic E-state index is 0.172. The molecule has 0 atom stereocenters. The van der Waals surface area contributed by atoms with E-state index in [1.54, 1.807) is 11.3 Å². The van der Waals surface area contributed by atoms with Crippen LogP contribution in [0, 0.1) is 6.92 Å². The number of nitrogens with zero attached hydrogens (tertiary/aromatic N) is 4. The van der Waals surface area contributed by atoms with E-state index in [9.17, 15) is 0 Å². The molecule has 2 aromatic heterocycles. The van der Waals surface area contributed by atoms with E-state index in [1.165, 1.54) is 0 Å². The average Bonchev–Trinajstić information content (AvgIpc) is 2.79. The predicted octanol–water partition coefficient (Wildman–Crippen LogP) is 2.72. The van der Waals surface area contributed by atoms with Crippen LogP contribution in [0.4, 0.5) is 11.9 Å². The molecule has 0 saturated carbocycles. The van der Waals surface area contributed by atoms with Crippen LogP contribution in [0.3, 0.4) is 0 Å². The second kappa shape index (κ2) is 6.63. The lowest BCUT2D eigenvalue weighted by Crippen LogP contribution is -2.09. The second-order valence-corrected chi connectivity index (χ2v) is 5.29. The molecular weight excluding hydrogens is 284 g/mol. The lowest BCUT2D eigenvalue weighted by Gasteiger charge is -2.06. The van der Waals surface area contributed by atoms with E-state index < -0.39 is 0 Å². The monoisotopic (exact) mass is 298 g/mol. The van der Waals surface area contributed by atoms with E-state index in [0.717, 1.165) is 23.7 Å². The summed E-state index contributed by atoms with van der Waals surface area (Å²) in [5.74, 6) is 0.933. The molecule has 19 heavy (non-hydrogen) atoms. The first-order valence-electron chi connectivity index (χ1n) is 5.97. The third kappa shape index (κ3) is 4.29. The van der Waals surface area contributed by atoms with E-state index in [1.807, 2.05) is 12.3 Å². The van der Waals surface area contributed by atoms with Gasteiger partial charge in [0.1, 0.15) is 0 Å². The molecule has 0 aliphatic heterocycles. The van der Waals surface area contributed by atoms with Gasteiger partial charge < -0.3 is 10.6 Å². The van der Waals surface area contributed by atoms with Crippen LogP contribution in [0.15, 0.2) is 5.38 Å². The Morgan fingerprint density at radius 3 is 2.53 bits per heavy atom. The number of halogens is 1. The van der Waals surface area contributed by atoms with Crippen molar-refractivity contribution in [3.05, 3.63) is 21.4 Å². The van der Waals surface area contributed by atoms with Gasteiger partial charge in [0.25, 0.3) is 0 Å². The summed E-state index contributed by atoms with van der Waals surface area (Å²) in [7, 11) is 0. The minimum Gasteiger partial charge on any atom is -0.354 e. The first-order chi connectivity index (χ1) is 9.17. The third-order valence-electron chi connectivity index (χ3n) is 2.24. The number of thiazole rings is 1. The molecule has 0 aliphatic rings. The Morgan fingerprint density at radius 1 is 1.16 bits per heavy atom. The van der Waals surface area contributed by atoms with Crippen LogP contribution < -0.4 is 10.6 Å². The zero-order valence-electron chi connectivity index (χ0n) is 10.8. The number of aryl methyl sites for hydroxylation is 1. The fraction of sp³-hybridized carbons (Fsp3) is 0.455. The van der Waals surface area contributed by atoms with Gasteiger partial charge >= 0.3 is 0 Å². The minimum atomic E-state index is 0.172.